The highest BCUT2D eigenvalue weighted by Gasteiger charge is 1.99. The van der Waals surface area contributed by atoms with E-state index in [1.54, 1.807) is 6.08 Å². The van der Waals surface area contributed by atoms with Gasteiger partial charge < -0.3 is 4.74 Å². The Balaban J connectivity index is 2.45. The van der Waals surface area contributed by atoms with E-state index in [2.05, 4.69) is 18.5 Å². The van der Waals surface area contributed by atoms with E-state index in [-0.39, 0.29) is 0 Å². The molecule has 0 bridgehead atoms. The second kappa shape index (κ2) is 4.13. The number of pyridine rings is 1. The Morgan fingerprint density at radius 1 is 1.40 bits per heavy atom. The Bertz CT molecular complexity index is 491. The van der Waals surface area contributed by atoms with Crippen molar-refractivity contribution in [2.45, 2.75) is 6.92 Å². The highest BCUT2D eigenvalue weighted by Crippen LogP contribution is 2.21. The third kappa shape index (κ3) is 1.99. The van der Waals surface area contributed by atoms with E-state index in [4.69, 9.17) is 4.74 Å². The molecule has 2 rings (SSSR count). The fourth-order valence-corrected chi connectivity index (χ4v) is 1.51. The number of benzene rings is 1. The molecule has 2 nitrogen and oxygen atoms in total. The molecular weight excluding hydrogens is 186 g/mol. The molecule has 1 heterocycles. The first kappa shape index (κ1) is 9.71. The maximum Gasteiger partial charge on any atom is 0.120 e. The Kier molecular flexibility index (Phi) is 2.68. The SMILES string of the molecule is C=CCOc1ccc2nccc(C)c2c1. The minimum atomic E-state index is 0.533. The third-order valence-electron chi connectivity index (χ3n) is 2.30. The highest BCUT2D eigenvalue weighted by molar-refractivity contribution is 5.83. The number of hydrogen-bond donors (Lipinski definition) is 0. The van der Waals surface area contributed by atoms with Gasteiger partial charge in [-0.15, -0.1) is 0 Å². The van der Waals surface area contributed by atoms with E-state index in [1.165, 1.54) is 5.56 Å². The zero-order chi connectivity index (χ0) is 10.7. The van der Waals surface area contributed by atoms with Crippen LogP contribution in [0.5, 0.6) is 5.75 Å². The molecule has 0 atom stereocenters. The van der Waals surface area contributed by atoms with Crippen molar-refractivity contribution in [3.8, 4) is 5.75 Å². The number of hydrogen-bond acceptors (Lipinski definition) is 2. The van der Waals surface area contributed by atoms with E-state index in [1.807, 2.05) is 30.5 Å². The normalized spacial score (nSPS) is 10.2. The topological polar surface area (TPSA) is 22.1 Å². The largest absolute Gasteiger partial charge is 0.490 e. The minimum absolute atomic E-state index is 0.533. The number of ether oxygens (including phenoxy) is 1. The van der Waals surface area contributed by atoms with Crippen molar-refractivity contribution >= 4 is 10.9 Å². The monoisotopic (exact) mass is 199 g/mol. The molecule has 2 aromatic rings. The molecule has 0 aliphatic heterocycles. The van der Waals surface area contributed by atoms with Crippen LogP contribution in [0.4, 0.5) is 0 Å². The number of nitrogens with zero attached hydrogens (tertiary/aromatic N) is 1. The molecule has 0 amide bonds. The first-order chi connectivity index (χ1) is 7.31. The van der Waals surface area contributed by atoms with Crippen LogP contribution in [0.1, 0.15) is 5.56 Å². The first-order valence-corrected chi connectivity index (χ1v) is 4.90. The van der Waals surface area contributed by atoms with Crippen LogP contribution in [0.3, 0.4) is 0 Å². The lowest BCUT2D eigenvalue weighted by Crippen LogP contribution is -1.93. The molecule has 0 radical (unpaired) electrons. The van der Waals surface area contributed by atoms with Crippen LogP contribution in [0, 0.1) is 6.92 Å². The van der Waals surface area contributed by atoms with Crippen LogP contribution in [-0.4, -0.2) is 11.6 Å². The minimum Gasteiger partial charge on any atom is -0.490 e. The molecule has 1 aromatic heterocycles. The van der Waals surface area contributed by atoms with E-state index >= 15 is 0 Å². The Labute approximate surface area is 89.2 Å². The summed E-state index contributed by atoms with van der Waals surface area (Å²) in [5.41, 5.74) is 2.21. The Morgan fingerprint density at radius 3 is 3.07 bits per heavy atom. The van der Waals surface area contributed by atoms with Crippen LogP contribution in [-0.2, 0) is 0 Å². The van der Waals surface area contributed by atoms with Crippen molar-refractivity contribution < 1.29 is 4.74 Å². The summed E-state index contributed by atoms with van der Waals surface area (Å²) in [5.74, 6) is 0.860. The van der Waals surface area contributed by atoms with Crippen LogP contribution in [0.2, 0.25) is 0 Å². The second-order valence-corrected chi connectivity index (χ2v) is 3.41. The molecule has 0 unspecified atom stereocenters. The molecule has 15 heavy (non-hydrogen) atoms. The Hall–Kier alpha value is -1.83. The molecule has 1 aromatic carbocycles. The summed E-state index contributed by atoms with van der Waals surface area (Å²) < 4.78 is 5.47. The first-order valence-electron chi connectivity index (χ1n) is 4.90. The predicted octanol–water partition coefficient (Wildman–Crippen LogP) is 3.11. The number of rotatable bonds is 3. The zero-order valence-electron chi connectivity index (χ0n) is 8.73. The second-order valence-electron chi connectivity index (χ2n) is 3.41. The van der Waals surface area contributed by atoms with Crippen molar-refractivity contribution in [2.24, 2.45) is 0 Å². The lowest BCUT2D eigenvalue weighted by Gasteiger charge is -2.05. The van der Waals surface area contributed by atoms with Gasteiger partial charge in [0.15, 0.2) is 0 Å². The zero-order valence-corrected chi connectivity index (χ0v) is 8.73. The maximum absolute atomic E-state index is 5.47. The number of fused-ring (bicyclic) bond motifs is 1. The van der Waals surface area contributed by atoms with Gasteiger partial charge in [0, 0.05) is 11.6 Å². The Morgan fingerprint density at radius 2 is 2.27 bits per heavy atom. The maximum atomic E-state index is 5.47. The van der Waals surface area contributed by atoms with E-state index < -0.39 is 0 Å². The average Bonchev–Trinajstić information content (AvgIpc) is 2.27. The molecular formula is C13H13NO. The van der Waals surface area contributed by atoms with E-state index in [9.17, 15) is 0 Å². The fraction of sp³-hybridized carbons (Fsp3) is 0.154. The summed E-state index contributed by atoms with van der Waals surface area (Å²) in [6, 6.07) is 7.92. The molecule has 2 heteroatoms. The van der Waals surface area contributed by atoms with E-state index in [0.717, 1.165) is 16.7 Å². The summed E-state index contributed by atoms with van der Waals surface area (Å²) in [7, 11) is 0. The van der Waals surface area contributed by atoms with Crippen LogP contribution >= 0.6 is 0 Å². The molecule has 76 valence electrons. The quantitative estimate of drug-likeness (QED) is 0.708. The molecule has 0 saturated heterocycles. The van der Waals surface area contributed by atoms with Gasteiger partial charge in [-0.1, -0.05) is 12.7 Å². The molecule has 0 fully saturated rings. The van der Waals surface area contributed by atoms with Crippen molar-refractivity contribution in [1.82, 2.24) is 4.98 Å². The van der Waals surface area contributed by atoms with Crippen LogP contribution in [0.25, 0.3) is 10.9 Å². The van der Waals surface area contributed by atoms with E-state index in [0.29, 0.717) is 6.61 Å². The lowest BCUT2D eigenvalue weighted by molar-refractivity contribution is 0.364. The van der Waals surface area contributed by atoms with Gasteiger partial charge in [0.25, 0.3) is 0 Å². The molecule has 0 saturated carbocycles. The van der Waals surface area contributed by atoms with Crippen LogP contribution in [0.15, 0.2) is 43.1 Å². The van der Waals surface area contributed by atoms with Gasteiger partial charge in [-0.3, -0.25) is 4.98 Å². The fourth-order valence-electron chi connectivity index (χ4n) is 1.51. The van der Waals surface area contributed by atoms with Gasteiger partial charge in [-0.05, 0) is 36.8 Å². The summed E-state index contributed by atoms with van der Waals surface area (Å²) >= 11 is 0. The summed E-state index contributed by atoms with van der Waals surface area (Å²) in [5, 5.41) is 1.14. The number of aryl methyl sites for hydroxylation is 1. The standard InChI is InChI=1S/C13H13NO/c1-3-8-15-11-4-5-13-12(9-11)10(2)6-7-14-13/h3-7,9H,1,8H2,2H3. The van der Waals surface area contributed by atoms with Crippen molar-refractivity contribution in [2.75, 3.05) is 6.61 Å². The van der Waals surface area contributed by atoms with Gasteiger partial charge >= 0.3 is 0 Å². The average molecular weight is 199 g/mol. The summed E-state index contributed by atoms with van der Waals surface area (Å²) in [6.07, 6.45) is 3.56. The predicted molar refractivity (Wildman–Crippen MR) is 62.2 cm³/mol. The van der Waals surface area contributed by atoms with Gasteiger partial charge in [0.1, 0.15) is 12.4 Å². The lowest BCUT2D eigenvalue weighted by atomic mass is 10.1. The number of aromatic nitrogens is 1. The van der Waals surface area contributed by atoms with Gasteiger partial charge in [-0.25, -0.2) is 0 Å². The highest BCUT2D eigenvalue weighted by atomic mass is 16.5. The van der Waals surface area contributed by atoms with Crippen molar-refractivity contribution in [1.29, 1.82) is 0 Å². The molecule has 0 N–H and O–H groups in total. The van der Waals surface area contributed by atoms with Crippen LogP contribution < -0.4 is 4.74 Å². The molecule has 0 aliphatic rings. The third-order valence-corrected chi connectivity index (χ3v) is 2.30. The summed E-state index contributed by atoms with van der Waals surface area (Å²) in [4.78, 5) is 4.29. The van der Waals surface area contributed by atoms with Crippen molar-refractivity contribution in [3.05, 3.63) is 48.7 Å². The smallest absolute Gasteiger partial charge is 0.120 e. The molecule has 0 spiro atoms. The van der Waals surface area contributed by atoms with Gasteiger partial charge in [-0.2, -0.15) is 0 Å². The molecule has 0 aliphatic carbocycles. The summed E-state index contributed by atoms with van der Waals surface area (Å²) in [6.45, 7) is 6.22. The van der Waals surface area contributed by atoms with Crippen molar-refractivity contribution in [3.63, 3.8) is 0 Å². The van der Waals surface area contributed by atoms with Gasteiger partial charge in [0.05, 0.1) is 5.52 Å². The van der Waals surface area contributed by atoms with Gasteiger partial charge in [0.2, 0.25) is 0 Å².